The number of esters is 1. The number of rotatable bonds is 3. The second kappa shape index (κ2) is 15.5. The predicted octanol–water partition coefficient (Wildman–Crippen LogP) is -2.61. The Bertz CT molecular complexity index is 1170. The zero-order chi connectivity index (χ0) is 33.2. The van der Waals surface area contributed by atoms with Crippen molar-refractivity contribution in [3.8, 4) is 0 Å². The Kier molecular flexibility index (Phi) is 13.4. The van der Waals surface area contributed by atoms with Gasteiger partial charge < -0.3 is 41.1 Å². The summed E-state index contributed by atoms with van der Waals surface area (Å²) in [6.45, 7) is 10.4. The van der Waals surface area contributed by atoms with Crippen LogP contribution in [0.2, 0.25) is 0 Å². The molecule has 2 heterocycles. The van der Waals surface area contributed by atoms with Crippen LogP contribution in [0.4, 0.5) is 0 Å². The Morgan fingerprint density at radius 2 is 1.79 bits per heavy atom. The van der Waals surface area contributed by atoms with Crippen molar-refractivity contribution in [3.05, 3.63) is 11.9 Å². The summed E-state index contributed by atoms with van der Waals surface area (Å²) in [4.78, 5) is 73.3. The van der Waals surface area contributed by atoms with Gasteiger partial charge in [0.15, 0.2) is 5.78 Å². The highest BCUT2D eigenvalue weighted by molar-refractivity contribution is 5.97. The van der Waals surface area contributed by atoms with Crippen LogP contribution in [0.15, 0.2) is 6.20 Å². The first kappa shape index (κ1) is 37.1. The van der Waals surface area contributed by atoms with Gasteiger partial charge in [0.25, 0.3) is 0 Å². The van der Waals surface area contributed by atoms with Crippen molar-refractivity contribution in [3.63, 3.8) is 0 Å². The number of nitrogens with zero attached hydrogens (tertiary/aromatic N) is 3. The highest BCUT2D eigenvalue weighted by atomic mass is 16.5. The maximum absolute atomic E-state index is 13.3. The summed E-state index contributed by atoms with van der Waals surface area (Å²) in [5, 5.41) is 24.9. The molecule has 0 aromatic carbocycles. The first-order valence-electron chi connectivity index (χ1n) is 13.8. The molecule has 0 saturated heterocycles. The van der Waals surface area contributed by atoms with Crippen molar-refractivity contribution in [1.29, 1.82) is 0 Å². The fraction of sp³-hybridized carbons (Fsp3) is 0.704. The van der Waals surface area contributed by atoms with Crippen molar-refractivity contribution < 1.29 is 49.1 Å². The van der Waals surface area contributed by atoms with E-state index in [-0.39, 0.29) is 25.4 Å². The molecule has 0 aliphatic carbocycles. The lowest BCUT2D eigenvalue weighted by atomic mass is 9.83. The van der Waals surface area contributed by atoms with Crippen LogP contribution in [0.5, 0.6) is 0 Å². The van der Waals surface area contributed by atoms with Gasteiger partial charge in [-0.25, -0.2) is 4.79 Å². The van der Waals surface area contributed by atoms with E-state index in [2.05, 4.69) is 32.0 Å². The Balaban J connectivity index is 0.00000217. The SMILES string of the molecule is CC(=O)[O-].COC(=O)C(C)(C)NC(=O)[C@@H]1COCc2cn(nn2)CCC[C@H]([NH3+])C(=O)CC(C)(C)C(=O)NC(C)(C)C(=O)N1. The third-order valence-electron chi connectivity index (χ3n) is 6.49. The summed E-state index contributed by atoms with van der Waals surface area (Å²) >= 11 is 0. The molecule has 0 radical (unpaired) electrons. The fourth-order valence-electron chi connectivity index (χ4n) is 3.85. The van der Waals surface area contributed by atoms with Crippen LogP contribution in [0.25, 0.3) is 0 Å². The van der Waals surface area contributed by atoms with Gasteiger partial charge in [0.2, 0.25) is 17.7 Å². The number of Topliss-reactive ketones (excluding diaryl/α,β-unsaturated/α-hetero) is 1. The molecule has 242 valence electrons. The molecule has 2 bridgehead atoms. The fourth-order valence-corrected chi connectivity index (χ4v) is 3.85. The van der Waals surface area contributed by atoms with Crippen molar-refractivity contribution >= 4 is 35.4 Å². The van der Waals surface area contributed by atoms with Gasteiger partial charge in [-0.1, -0.05) is 19.1 Å². The average molecular weight is 612 g/mol. The van der Waals surface area contributed by atoms with E-state index in [4.69, 9.17) is 19.4 Å². The lowest BCUT2D eigenvalue weighted by Gasteiger charge is -2.33. The number of aryl methyl sites for hydroxylation is 1. The normalized spacial score (nSPS) is 21.7. The Hall–Kier alpha value is -3.92. The van der Waals surface area contributed by atoms with E-state index in [0.29, 0.717) is 25.1 Å². The minimum atomic E-state index is -1.46. The summed E-state index contributed by atoms with van der Waals surface area (Å²) in [6, 6.07) is -1.73. The lowest BCUT2D eigenvalue weighted by Crippen LogP contribution is -2.66. The summed E-state index contributed by atoms with van der Waals surface area (Å²) in [5.41, 5.74) is 0.519. The molecule has 1 aromatic heterocycles. The molecule has 1 aliphatic rings. The molecule has 2 rings (SSSR count). The van der Waals surface area contributed by atoms with Gasteiger partial charge in [0.05, 0.1) is 31.9 Å². The number of fused-ring (bicyclic) bond motifs is 2. The van der Waals surface area contributed by atoms with E-state index in [1.807, 2.05) is 0 Å². The summed E-state index contributed by atoms with van der Waals surface area (Å²) in [7, 11) is 1.20. The molecule has 6 N–H and O–H groups in total. The smallest absolute Gasteiger partial charge is 0.330 e. The molecule has 0 spiro atoms. The van der Waals surface area contributed by atoms with Crippen LogP contribution in [0.3, 0.4) is 0 Å². The number of carbonyl (C=O) groups excluding carboxylic acids is 6. The van der Waals surface area contributed by atoms with Crippen LogP contribution in [0.1, 0.15) is 73.4 Å². The van der Waals surface area contributed by atoms with E-state index in [9.17, 15) is 24.0 Å². The first-order valence-corrected chi connectivity index (χ1v) is 13.8. The Morgan fingerprint density at radius 1 is 1.19 bits per heavy atom. The molecule has 16 heteroatoms. The number of methoxy groups -OCH3 is 1. The molecular formula is C27H45N7O9. The van der Waals surface area contributed by atoms with E-state index < -0.39 is 58.2 Å². The highest BCUT2D eigenvalue weighted by Gasteiger charge is 2.40. The molecule has 3 amide bonds. The van der Waals surface area contributed by atoms with Crippen LogP contribution in [-0.2, 0) is 51.4 Å². The minimum absolute atomic E-state index is 0.00477. The van der Waals surface area contributed by atoms with Gasteiger partial charge in [0, 0.05) is 25.4 Å². The third-order valence-corrected chi connectivity index (χ3v) is 6.49. The van der Waals surface area contributed by atoms with Gasteiger partial charge >= 0.3 is 5.97 Å². The molecule has 43 heavy (non-hydrogen) atoms. The van der Waals surface area contributed by atoms with E-state index >= 15 is 0 Å². The molecule has 1 aliphatic heterocycles. The van der Waals surface area contributed by atoms with Crippen LogP contribution in [0, 0.1) is 5.41 Å². The van der Waals surface area contributed by atoms with Gasteiger partial charge in [-0.05, 0) is 41.0 Å². The largest absolute Gasteiger partial charge is 0.550 e. The zero-order valence-electron chi connectivity index (χ0n) is 26.2. The van der Waals surface area contributed by atoms with Gasteiger partial charge in [-0.3, -0.25) is 23.9 Å². The number of aliphatic carboxylic acids is 1. The second-order valence-corrected chi connectivity index (χ2v) is 12.1. The zero-order valence-corrected chi connectivity index (χ0v) is 26.2. The van der Waals surface area contributed by atoms with Crippen LogP contribution < -0.4 is 26.8 Å². The minimum Gasteiger partial charge on any atom is -0.550 e. The molecule has 1 aromatic rings. The molecular weight excluding hydrogens is 566 g/mol. The van der Waals surface area contributed by atoms with E-state index in [1.54, 1.807) is 24.7 Å². The third kappa shape index (κ3) is 12.1. The lowest BCUT2D eigenvalue weighted by molar-refractivity contribution is -0.405. The summed E-state index contributed by atoms with van der Waals surface area (Å²) in [5.74, 6) is -3.78. The standard InChI is InChI=1S/C25H41N7O7.C2H4O2/c1-23(2)11-18(33)16(26)9-8-10-32-12-15(30-31-32)13-39-14-17(19(34)28-25(5,6)22(37)38-7)27-21(36)24(3,4)29-20(23)35;1-2(3)4/h12,16-17H,8-11,13-14,26H2,1-7H3,(H,27,36)(H,28,34)(H,29,35);1H3,(H,3,4)/t16-,17-;/m0./s1. The number of carboxylic acids is 1. The number of carboxylic acid groups (broad SMARTS) is 1. The monoisotopic (exact) mass is 611 g/mol. The Labute approximate surface area is 250 Å². The number of hydrogen-bond acceptors (Lipinski definition) is 11. The van der Waals surface area contributed by atoms with Gasteiger partial charge in [0.1, 0.15) is 28.9 Å². The maximum Gasteiger partial charge on any atom is 0.330 e. The van der Waals surface area contributed by atoms with Crippen LogP contribution >= 0.6 is 0 Å². The number of ether oxygens (including phenoxy) is 2. The van der Waals surface area contributed by atoms with Crippen LogP contribution in [-0.4, -0.2) is 87.3 Å². The molecule has 0 saturated carbocycles. The molecule has 0 fully saturated rings. The first-order chi connectivity index (χ1) is 19.7. The highest BCUT2D eigenvalue weighted by Crippen LogP contribution is 2.23. The Morgan fingerprint density at radius 3 is 2.37 bits per heavy atom. The number of amides is 3. The maximum atomic E-state index is 13.3. The number of ketones is 1. The van der Waals surface area contributed by atoms with Crippen molar-refractivity contribution in [2.24, 2.45) is 5.41 Å². The number of hydrogen-bond donors (Lipinski definition) is 4. The van der Waals surface area contributed by atoms with E-state index in [0.717, 1.165) is 6.92 Å². The second-order valence-electron chi connectivity index (χ2n) is 12.1. The molecule has 0 unspecified atom stereocenters. The number of aromatic nitrogens is 3. The topological polar surface area (TPSA) is 238 Å². The molecule has 2 atom stereocenters. The average Bonchev–Trinajstić information content (AvgIpc) is 3.33. The molecule has 16 nitrogen and oxygen atoms in total. The quantitative estimate of drug-likeness (QED) is 0.258. The van der Waals surface area contributed by atoms with E-state index in [1.165, 1.54) is 34.8 Å². The van der Waals surface area contributed by atoms with Crippen molar-refractivity contribution in [1.82, 2.24) is 30.9 Å². The number of nitrogens with one attached hydrogen (secondary N) is 3. The van der Waals surface area contributed by atoms with Gasteiger partial charge in [-0.15, -0.1) is 5.10 Å². The van der Waals surface area contributed by atoms with Crippen molar-refractivity contribution in [2.45, 2.75) is 104 Å². The summed E-state index contributed by atoms with van der Waals surface area (Å²) in [6.07, 6.45) is 2.77. The van der Waals surface area contributed by atoms with Crippen molar-refractivity contribution in [2.75, 3.05) is 13.7 Å². The number of quaternary nitrogens is 1. The predicted molar refractivity (Wildman–Crippen MR) is 148 cm³/mol. The van der Waals surface area contributed by atoms with Gasteiger partial charge in [-0.2, -0.15) is 0 Å². The summed E-state index contributed by atoms with van der Waals surface area (Å²) < 4.78 is 12.0. The number of carbonyl (C=O) groups is 6.